The Hall–Kier alpha value is -5.28. The van der Waals surface area contributed by atoms with Crippen molar-refractivity contribution in [2.24, 2.45) is 0 Å². The molecule has 0 amide bonds. The highest BCUT2D eigenvalue weighted by Gasteiger charge is 2.40. The zero-order chi connectivity index (χ0) is 32.0. The second-order valence-electron chi connectivity index (χ2n) is 10.2. The van der Waals surface area contributed by atoms with Crippen LogP contribution in [0.5, 0.6) is 57.5 Å². The first-order valence-corrected chi connectivity index (χ1v) is 13.0. The summed E-state index contributed by atoms with van der Waals surface area (Å²) in [6, 6.07) is 12.2. The lowest BCUT2D eigenvalue weighted by atomic mass is 9.91. The quantitative estimate of drug-likeness (QED) is 0.145. The van der Waals surface area contributed by atoms with Crippen molar-refractivity contribution in [1.29, 1.82) is 0 Å². The van der Waals surface area contributed by atoms with Crippen molar-refractivity contribution < 1.29 is 70.8 Å². The minimum Gasteiger partial charge on any atom is -0.508 e. The van der Waals surface area contributed by atoms with Crippen molar-refractivity contribution in [1.82, 2.24) is 0 Å². The van der Waals surface area contributed by atoms with Crippen LogP contribution in [0.3, 0.4) is 0 Å². The smallest absolute Gasteiger partial charge is 0.157 e. The first kappa shape index (κ1) is 30.2. The molecular formula is C30H28O14. The van der Waals surface area contributed by atoms with E-state index in [4.69, 9.17) is 9.47 Å². The summed E-state index contributed by atoms with van der Waals surface area (Å²) >= 11 is 0. The lowest BCUT2D eigenvalue weighted by Crippen LogP contribution is -2.34. The zero-order valence-corrected chi connectivity index (χ0v) is 22.4. The van der Waals surface area contributed by atoms with Gasteiger partial charge in [0.15, 0.2) is 35.2 Å². The third-order valence-corrected chi connectivity index (χ3v) is 7.23. The molecule has 0 saturated heterocycles. The Bertz CT molecular complexity index is 1580. The monoisotopic (exact) mass is 612 g/mol. The van der Waals surface area contributed by atoms with Gasteiger partial charge in [0.2, 0.25) is 0 Å². The highest BCUT2D eigenvalue weighted by molar-refractivity contribution is 5.54. The highest BCUT2D eigenvalue weighted by Crippen LogP contribution is 2.49. The zero-order valence-electron chi connectivity index (χ0n) is 22.4. The Labute approximate surface area is 248 Å². The second-order valence-corrected chi connectivity index (χ2v) is 10.2. The van der Waals surface area contributed by atoms with Gasteiger partial charge in [0, 0.05) is 24.3 Å². The van der Waals surface area contributed by atoms with Crippen molar-refractivity contribution >= 4 is 0 Å². The van der Waals surface area contributed by atoms with Gasteiger partial charge in [-0.2, -0.15) is 0 Å². The van der Waals surface area contributed by atoms with Gasteiger partial charge in [-0.1, -0.05) is 12.1 Å². The van der Waals surface area contributed by atoms with Crippen molar-refractivity contribution in [3.63, 3.8) is 0 Å². The fraction of sp³-hybridized carbons (Fsp3) is 0.200. The molecule has 2 aliphatic rings. The van der Waals surface area contributed by atoms with Crippen LogP contribution < -0.4 is 9.47 Å². The molecule has 4 aromatic rings. The molecule has 0 saturated carbocycles. The molecule has 12 N–H and O–H groups in total. The van der Waals surface area contributed by atoms with Crippen LogP contribution in [0.25, 0.3) is 0 Å². The maximum atomic E-state index is 10.2. The van der Waals surface area contributed by atoms with Crippen molar-refractivity contribution in [2.75, 3.05) is 0 Å². The second kappa shape index (κ2) is 11.4. The van der Waals surface area contributed by atoms with Crippen LogP contribution in [0.1, 0.15) is 46.7 Å². The lowest BCUT2D eigenvalue weighted by Gasteiger charge is -2.34. The van der Waals surface area contributed by atoms with Crippen LogP contribution >= 0.6 is 0 Å². The van der Waals surface area contributed by atoms with Crippen molar-refractivity contribution in [2.45, 2.75) is 36.6 Å². The Balaban J connectivity index is 0.000000175. The minimum absolute atomic E-state index is 0.0212. The van der Waals surface area contributed by atoms with Crippen LogP contribution in [0.2, 0.25) is 0 Å². The summed E-state index contributed by atoms with van der Waals surface area (Å²) in [4.78, 5) is 0. The molecule has 0 unspecified atom stereocenters. The number of benzene rings is 4. The molecule has 6 rings (SSSR count). The summed E-state index contributed by atoms with van der Waals surface area (Å²) < 4.78 is 11.1. The fourth-order valence-electron chi connectivity index (χ4n) is 5.04. The summed E-state index contributed by atoms with van der Waals surface area (Å²) in [5, 5.41) is 117. The van der Waals surface area contributed by atoms with E-state index in [0.717, 1.165) is 12.1 Å². The number of ether oxygens (including phenoxy) is 2. The molecule has 0 bridgehead atoms. The Morgan fingerprint density at radius 2 is 0.773 bits per heavy atom. The van der Waals surface area contributed by atoms with E-state index in [-0.39, 0.29) is 45.6 Å². The molecule has 232 valence electrons. The van der Waals surface area contributed by atoms with Gasteiger partial charge in [-0.25, -0.2) is 0 Å². The van der Waals surface area contributed by atoms with Gasteiger partial charge < -0.3 is 70.8 Å². The number of rotatable bonds is 2. The lowest BCUT2D eigenvalue weighted by molar-refractivity contribution is -0.0711. The Morgan fingerprint density at radius 3 is 1.11 bits per heavy atom. The third-order valence-electron chi connectivity index (χ3n) is 7.23. The number of aliphatic hydroxyl groups is 4. The number of hydrogen-bond donors (Lipinski definition) is 12. The molecule has 0 spiro atoms. The Kier molecular flexibility index (Phi) is 7.84. The largest absolute Gasteiger partial charge is 0.508 e. The third kappa shape index (κ3) is 5.45. The number of aliphatic hydroxyl groups excluding tert-OH is 4. The van der Waals surface area contributed by atoms with Crippen molar-refractivity contribution in [3.8, 4) is 57.5 Å². The van der Waals surface area contributed by atoms with E-state index >= 15 is 0 Å². The molecule has 44 heavy (non-hydrogen) atoms. The molecule has 6 atom stereocenters. The molecule has 2 heterocycles. The standard InChI is InChI=1S/2C15H14O7/c2*16-7-4-10(19)12-11(5-7)22-15(14(21)13(12)20)6-1-2-8(17)9(18)3-6/h2*1-5,13-21H/t2*13-,14-,15+/m10/s1. The van der Waals surface area contributed by atoms with E-state index in [1.807, 2.05) is 0 Å². The van der Waals surface area contributed by atoms with E-state index < -0.39 is 59.6 Å². The van der Waals surface area contributed by atoms with Crippen LogP contribution in [0.4, 0.5) is 0 Å². The Morgan fingerprint density at radius 1 is 0.409 bits per heavy atom. The number of hydrogen-bond acceptors (Lipinski definition) is 14. The summed E-state index contributed by atoms with van der Waals surface area (Å²) in [6.07, 6.45) is -7.79. The van der Waals surface area contributed by atoms with Gasteiger partial charge in [0.25, 0.3) is 0 Å². The molecule has 0 fully saturated rings. The van der Waals surface area contributed by atoms with Gasteiger partial charge in [-0.05, 0) is 35.4 Å². The molecular weight excluding hydrogens is 584 g/mol. The SMILES string of the molecule is Oc1cc(O)c2c(c1)O[C@@H](c1ccc(O)c(O)c1)[C@H](O)[C@@H]2O.Oc1cc(O)c2c(c1)O[C@H](c1ccc(O)c(O)c1)[C@@H](O)[C@H]2O. The highest BCUT2D eigenvalue weighted by atomic mass is 16.5. The molecule has 0 aromatic heterocycles. The average Bonchev–Trinajstić information content (AvgIpc) is 2.95. The van der Waals surface area contributed by atoms with E-state index in [0.29, 0.717) is 11.1 Å². The van der Waals surface area contributed by atoms with Gasteiger partial charge in [-0.3, -0.25) is 0 Å². The molecule has 14 heteroatoms. The fourth-order valence-corrected chi connectivity index (χ4v) is 5.04. The average molecular weight is 613 g/mol. The van der Waals surface area contributed by atoms with Crippen LogP contribution in [0.15, 0.2) is 60.7 Å². The first-order valence-electron chi connectivity index (χ1n) is 13.0. The molecule has 0 radical (unpaired) electrons. The maximum Gasteiger partial charge on any atom is 0.157 e. The molecule has 0 aliphatic carbocycles. The number of phenolic OH excluding ortho intramolecular Hbond substituents is 8. The van der Waals surface area contributed by atoms with Crippen molar-refractivity contribution in [3.05, 3.63) is 82.9 Å². The van der Waals surface area contributed by atoms with E-state index in [1.54, 1.807) is 0 Å². The van der Waals surface area contributed by atoms with Gasteiger partial charge >= 0.3 is 0 Å². The maximum absolute atomic E-state index is 10.2. The van der Waals surface area contributed by atoms with Gasteiger partial charge in [0.1, 0.15) is 58.9 Å². The summed E-state index contributed by atoms with van der Waals surface area (Å²) in [7, 11) is 0. The first-order chi connectivity index (χ1) is 20.8. The van der Waals surface area contributed by atoms with Crippen LogP contribution in [-0.4, -0.2) is 73.5 Å². The predicted molar refractivity (Wildman–Crippen MR) is 148 cm³/mol. The summed E-state index contributed by atoms with van der Waals surface area (Å²) in [5.41, 5.74) is 0.583. The topological polar surface area (TPSA) is 261 Å². The van der Waals surface area contributed by atoms with E-state index in [1.165, 1.54) is 48.5 Å². The van der Waals surface area contributed by atoms with Crippen LogP contribution in [-0.2, 0) is 0 Å². The number of fused-ring (bicyclic) bond motifs is 2. The minimum atomic E-state index is -1.44. The summed E-state index contributed by atoms with van der Waals surface area (Å²) in [6.45, 7) is 0. The normalized spacial score (nSPS) is 23.6. The summed E-state index contributed by atoms with van der Waals surface area (Å²) in [5.74, 6) is -2.71. The number of aromatic hydroxyl groups is 8. The molecule has 14 nitrogen and oxygen atoms in total. The van der Waals surface area contributed by atoms with E-state index in [9.17, 15) is 61.3 Å². The predicted octanol–water partition coefficient (Wildman–Crippen LogP) is 2.07. The molecule has 4 aromatic carbocycles. The van der Waals surface area contributed by atoms with Gasteiger partial charge in [-0.15, -0.1) is 0 Å². The van der Waals surface area contributed by atoms with Gasteiger partial charge in [0.05, 0.1) is 11.1 Å². The van der Waals surface area contributed by atoms with E-state index in [2.05, 4.69) is 0 Å². The molecule has 2 aliphatic heterocycles. The van der Waals surface area contributed by atoms with Crippen LogP contribution in [0, 0.1) is 0 Å². The number of phenols is 8.